The molecule has 6 heteroatoms. The number of thiazole rings is 1. The molecule has 3 aromatic rings. The highest BCUT2D eigenvalue weighted by Gasteiger charge is 2.16. The van der Waals surface area contributed by atoms with Crippen LogP contribution in [0, 0.1) is 0 Å². The number of carbonyl (C=O) groups is 1. The van der Waals surface area contributed by atoms with Crippen LogP contribution < -0.4 is 5.32 Å². The lowest BCUT2D eigenvalue weighted by Crippen LogP contribution is -2.35. The maximum Gasteiger partial charge on any atom is 0.257 e. The second-order valence-corrected chi connectivity index (χ2v) is 9.52. The van der Waals surface area contributed by atoms with Crippen LogP contribution in [0.2, 0.25) is 0 Å². The lowest BCUT2D eigenvalue weighted by atomic mass is 9.87. The van der Waals surface area contributed by atoms with Crippen LogP contribution in [-0.4, -0.2) is 42.1 Å². The van der Waals surface area contributed by atoms with E-state index in [1.807, 2.05) is 30.3 Å². The molecule has 1 aromatic heterocycles. The van der Waals surface area contributed by atoms with Crippen molar-refractivity contribution in [2.24, 2.45) is 0 Å². The van der Waals surface area contributed by atoms with Crippen molar-refractivity contribution in [1.82, 2.24) is 9.88 Å². The number of fused-ring (bicyclic) bond motifs is 1. The van der Waals surface area contributed by atoms with Crippen LogP contribution in [0.15, 0.2) is 42.5 Å². The molecule has 1 N–H and O–H groups in total. The summed E-state index contributed by atoms with van der Waals surface area (Å²) in [7, 11) is 0. The molecule has 2 aromatic carbocycles. The van der Waals surface area contributed by atoms with Crippen LogP contribution in [0.1, 0.15) is 42.3 Å². The summed E-state index contributed by atoms with van der Waals surface area (Å²) in [5.74, 6) is -0.127. The lowest BCUT2D eigenvalue weighted by molar-refractivity contribution is 0.0342. The molecule has 1 saturated heterocycles. The van der Waals surface area contributed by atoms with E-state index in [-0.39, 0.29) is 11.3 Å². The van der Waals surface area contributed by atoms with Crippen LogP contribution >= 0.6 is 11.3 Å². The van der Waals surface area contributed by atoms with E-state index < -0.39 is 0 Å². The normalized spacial score (nSPS) is 15.6. The molecule has 1 aliphatic rings. The Kier molecular flexibility index (Phi) is 5.67. The summed E-state index contributed by atoms with van der Waals surface area (Å²) in [6.07, 6.45) is 0. The van der Waals surface area contributed by atoms with Gasteiger partial charge in [0.15, 0.2) is 5.13 Å². The number of ether oxygens (including phenoxy) is 1. The molecule has 152 valence electrons. The molecule has 0 saturated carbocycles. The highest BCUT2D eigenvalue weighted by molar-refractivity contribution is 7.22. The minimum Gasteiger partial charge on any atom is -0.379 e. The van der Waals surface area contributed by atoms with Crippen LogP contribution in [0.3, 0.4) is 0 Å². The molecule has 0 atom stereocenters. The molecule has 1 fully saturated rings. The maximum absolute atomic E-state index is 12.6. The summed E-state index contributed by atoms with van der Waals surface area (Å²) in [6.45, 7) is 10.9. The van der Waals surface area contributed by atoms with Gasteiger partial charge in [-0.25, -0.2) is 4.98 Å². The number of amides is 1. The Bertz CT molecular complexity index is 999. The first-order valence-corrected chi connectivity index (χ1v) is 10.8. The van der Waals surface area contributed by atoms with Crippen molar-refractivity contribution in [2.45, 2.75) is 32.7 Å². The minimum absolute atomic E-state index is 0.0704. The van der Waals surface area contributed by atoms with Crippen molar-refractivity contribution in [3.8, 4) is 0 Å². The SMILES string of the molecule is CC(C)(C)c1ccc(C(=O)Nc2nc3ccc(CN4CCOCC4)cc3s2)cc1. The number of anilines is 1. The molecule has 29 heavy (non-hydrogen) atoms. The number of hydrogen-bond donors (Lipinski definition) is 1. The van der Waals surface area contributed by atoms with Gasteiger partial charge in [0.1, 0.15) is 0 Å². The molecule has 0 bridgehead atoms. The predicted molar refractivity (Wildman–Crippen MR) is 119 cm³/mol. The van der Waals surface area contributed by atoms with Crippen molar-refractivity contribution in [3.63, 3.8) is 0 Å². The van der Waals surface area contributed by atoms with E-state index in [0.717, 1.165) is 43.1 Å². The summed E-state index contributed by atoms with van der Waals surface area (Å²) >= 11 is 1.52. The first kappa shape index (κ1) is 20.0. The van der Waals surface area contributed by atoms with Gasteiger partial charge in [-0.15, -0.1) is 0 Å². The molecule has 1 amide bonds. The second kappa shape index (κ2) is 8.22. The maximum atomic E-state index is 12.6. The van der Waals surface area contributed by atoms with E-state index in [2.05, 4.69) is 48.1 Å². The van der Waals surface area contributed by atoms with Gasteiger partial charge in [-0.2, -0.15) is 0 Å². The summed E-state index contributed by atoms with van der Waals surface area (Å²) < 4.78 is 6.51. The Morgan fingerprint density at radius 3 is 2.55 bits per heavy atom. The molecule has 0 radical (unpaired) electrons. The second-order valence-electron chi connectivity index (χ2n) is 8.49. The van der Waals surface area contributed by atoms with Crippen LogP contribution in [0.4, 0.5) is 5.13 Å². The molecule has 0 unspecified atom stereocenters. The average molecular weight is 410 g/mol. The van der Waals surface area contributed by atoms with Gasteiger partial charge in [-0.3, -0.25) is 15.0 Å². The van der Waals surface area contributed by atoms with Gasteiger partial charge in [0, 0.05) is 25.2 Å². The van der Waals surface area contributed by atoms with E-state index >= 15 is 0 Å². The number of aromatic nitrogens is 1. The van der Waals surface area contributed by atoms with Gasteiger partial charge in [-0.05, 0) is 40.8 Å². The van der Waals surface area contributed by atoms with Gasteiger partial charge in [-0.1, -0.05) is 50.3 Å². The first-order valence-electron chi connectivity index (χ1n) is 10.00. The van der Waals surface area contributed by atoms with Crippen LogP contribution in [0.25, 0.3) is 10.2 Å². The van der Waals surface area contributed by atoms with Gasteiger partial charge in [0.25, 0.3) is 5.91 Å². The van der Waals surface area contributed by atoms with Gasteiger partial charge >= 0.3 is 0 Å². The van der Waals surface area contributed by atoms with E-state index in [0.29, 0.717) is 10.7 Å². The number of hydrogen-bond acceptors (Lipinski definition) is 5. The largest absolute Gasteiger partial charge is 0.379 e. The summed E-state index contributed by atoms with van der Waals surface area (Å²) in [6, 6.07) is 14.1. The fraction of sp³-hybridized carbons (Fsp3) is 0.391. The number of carbonyl (C=O) groups excluding carboxylic acids is 1. The fourth-order valence-corrected chi connectivity index (χ4v) is 4.35. The predicted octanol–water partition coefficient (Wildman–Crippen LogP) is 4.68. The van der Waals surface area contributed by atoms with Crippen LogP contribution in [0.5, 0.6) is 0 Å². The third kappa shape index (κ3) is 4.83. The van der Waals surface area contributed by atoms with Crippen molar-refractivity contribution in [2.75, 3.05) is 31.6 Å². The molecule has 5 nitrogen and oxygen atoms in total. The number of morpholine rings is 1. The molecule has 0 aliphatic carbocycles. The Morgan fingerprint density at radius 2 is 1.86 bits per heavy atom. The third-order valence-corrected chi connectivity index (χ3v) is 6.13. The van der Waals surface area contributed by atoms with E-state index in [1.54, 1.807) is 0 Å². The van der Waals surface area contributed by atoms with E-state index in [1.165, 1.54) is 22.5 Å². The average Bonchev–Trinajstić information content (AvgIpc) is 3.09. The first-order chi connectivity index (χ1) is 13.9. The van der Waals surface area contributed by atoms with Crippen molar-refractivity contribution < 1.29 is 9.53 Å². The summed E-state index contributed by atoms with van der Waals surface area (Å²) in [4.78, 5) is 19.6. The molecule has 1 aliphatic heterocycles. The van der Waals surface area contributed by atoms with Crippen LogP contribution in [-0.2, 0) is 16.7 Å². The zero-order valence-electron chi connectivity index (χ0n) is 17.2. The van der Waals surface area contributed by atoms with Gasteiger partial charge < -0.3 is 4.74 Å². The summed E-state index contributed by atoms with van der Waals surface area (Å²) in [5, 5.41) is 3.58. The van der Waals surface area contributed by atoms with E-state index in [9.17, 15) is 4.79 Å². The van der Waals surface area contributed by atoms with Crippen molar-refractivity contribution in [3.05, 3.63) is 59.2 Å². The highest BCUT2D eigenvalue weighted by atomic mass is 32.1. The molecule has 0 spiro atoms. The summed E-state index contributed by atoms with van der Waals surface area (Å²) in [5.41, 5.74) is 4.10. The Labute approximate surface area is 175 Å². The van der Waals surface area contributed by atoms with Crippen molar-refractivity contribution in [1.29, 1.82) is 0 Å². The number of nitrogens with zero attached hydrogens (tertiary/aromatic N) is 2. The number of nitrogens with one attached hydrogen (secondary N) is 1. The molecular weight excluding hydrogens is 382 g/mol. The fourth-order valence-electron chi connectivity index (χ4n) is 3.43. The smallest absolute Gasteiger partial charge is 0.257 e. The molecule has 4 rings (SSSR count). The highest BCUT2D eigenvalue weighted by Crippen LogP contribution is 2.28. The van der Waals surface area contributed by atoms with E-state index in [4.69, 9.17) is 4.74 Å². The van der Waals surface area contributed by atoms with Crippen molar-refractivity contribution >= 4 is 32.6 Å². The monoisotopic (exact) mass is 409 g/mol. The van der Waals surface area contributed by atoms with Gasteiger partial charge in [0.05, 0.1) is 23.4 Å². The Morgan fingerprint density at radius 1 is 1.14 bits per heavy atom. The zero-order valence-corrected chi connectivity index (χ0v) is 18.0. The quantitative estimate of drug-likeness (QED) is 0.680. The standard InChI is InChI=1S/C23H27N3O2S/c1-23(2,3)18-7-5-17(6-8-18)21(27)25-22-24-19-9-4-16(14-20(19)29-22)15-26-10-12-28-13-11-26/h4-9,14H,10-13,15H2,1-3H3,(H,24,25,27). The lowest BCUT2D eigenvalue weighted by Gasteiger charge is -2.26. The Hall–Kier alpha value is -2.28. The number of benzene rings is 2. The molecular formula is C23H27N3O2S. The topological polar surface area (TPSA) is 54.5 Å². The van der Waals surface area contributed by atoms with Gasteiger partial charge in [0.2, 0.25) is 0 Å². The molecule has 2 heterocycles. The number of rotatable bonds is 4. The Balaban J connectivity index is 1.45. The third-order valence-electron chi connectivity index (χ3n) is 5.20. The minimum atomic E-state index is -0.127. The zero-order chi connectivity index (χ0) is 20.4.